The Morgan fingerprint density at radius 1 is 1.00 bits per heavy atom. The summed E-state index contributed by atoms with van der Waals surface area (Å²) in [6, 6.07) is 13.5. The van der Waals surface area contributed by atoms with Crippen LogP contribution in [0.1, 0.15) is 16.2 Å². The number of sulfonamides is 1. The number of imidazole rings is 1. The van der Waals surface area contributed by atoms with Crippen LogP contribution in [0.5, 0.6) is 11.6 Å². The normalized spacial score (nSPS) is 11.4. The first-order valence-corrected chi connectivity index (χ1v) is 14.6. The van der Waals surface area contributed by atoms with Crippen molar-refractivity contribution in [3.8, 4) is 28.4 Å². The number of aromatic nitrogens is 6. The molecule has 16 heteroatoms. The van der Waals surface area contributed by atoms with E-state index in [1.165, 1.54) is 36.3 Å². The van der Waals surface area contributed by atoms with Gasteiger partial charge in [-0.1, -0.05) is 17.3 Å². The molecule has 0 radical (unpaired) electrons. The molecule has 0 aliphatic heterocycles. The zero-order valence-electron chi connectivity index (χ0n) is 23.2. The molecule has 6 aromatic rings. The third kappa shape index (κ3) is 5.85. The first-order chi connectivity index (χ1) is 21.6. The summed E-state index contributed by atoms with van der Waals surface area (Å²) in [6.45, 7) is 0.0416. The summed E-state index contributed by atoms with van der Waals surface area (Å²) in [6.07, 6.45) is 6.03. The van der Waals surface area contributed by atoms with E-state index < -0.39 is 32.5 Å². The van der Waals surface area contributed by atoms with E-state index in [0.717, 1.165) is 12.1 Å². The average Bonchev–Trinajstić information content (AvgIpc) is 3.67. The number of pyridine rings is 2. The van der Waals surface area contributed by atoms with Gasteiger partial charge in [0.1, 0.15) is 50.7 Å². The molecule has 3 N–H and O–H groups in total. The monoisotopic (exact) mass is 632 g/mol. The van der Waals surface area contributed by atoms with Gasteiger partial charge in [-0.25, -0.2) is 31.8 Å². The van der Waals surface area contributed by atoms with Crippen molar-refractivity contribution in [1.29, 1.82) is 0 Å². The molecule has 0 aliphatic rings. The lowest BCUT2D eigenvalue weighted by molar-refractivity contribution is 0.0944. The van der Waals surface area contributed by atoms with E-state index in [2.05, 4.69) is 30.3 Å². The fourth-order valence-electron chi connectivity index (χ4n) is 4.47. The Bertz CT molecular complexity index is 2190. The van der Waals surface area contributed by atoms with Gasteiger partial charge < -0.3 is 15.2 Å². The van der Waals surface area contributed by atoms with Crippen LogP contribution in [0.25, 0.3) is 22.5 Å². The number of phenolic OH excluding ortho intramolecular Hbond substituents is 1. The van der Waals surface area contributed by atoms with Crippen LogP contribution >= 0.6 is 0 Å². The Hall–Kier alpha value is -5.90. The molecule has 2 aromatic carbocycles. The van der Waals surface area contributed by atoms with Gasteiger partial charge in [-0.3, -0.25) is 13.9 Å². The first kappa shape index (κ1) is 29.2. The first-order valence-electron chi connectivity index (χ1n) is 13.1. The summed E-state index contributed by atoms with van der Waals surface area (Å²) in [7, 11) is -3.20. The van der Waals surface area contributed by atoms with Gasteiger partial charge in [-0.15, -0.1) is 5.10 Å². The minimum absolute atomic E-state index is 0.0258. The van der Waals surface area contributed by atoms with Crippen LogP contribution in [-0.2, 0) is 16.6 Å². The number of hydrogen-bond donors (Lipinski definition) is 3. The Kier molecular flexibility index (Phi) is 7.55. The molecular formula is C29H22F2N8O5S. The highest BCUT2D eigenvalue weighted by molar-refractivity contribution is 7.92. The van der Waals surface area contributed by atoms with Crippen molar-refractivity contribution in [1.82, 2.24) is 34.7 Å². The number of carbonyl (C=O) groups is 1. The Morgan fingerprint density at radius 2 is 1.82 bits per heavy atom. The van der Waals surface area contributed by atoms with Crippen LogP contribution in [-0.4, -0.2) is 55.9 Å². The molecule has 0 saturated heterocycles. The summed E-state index contributed by atoms with van der Waals surface area (Å²) in [5, 5.41) is 20.8. The molecular weight excluding hydrogens is 610 g/mol. The minimum atomic E-state index is -4.49. The van der Waals surface area contributed by atoms with E-state index in [9.17, 15) is 27.1 Å². The fourth-order valence-corrected chi connectivity index (χ4v) is 5.58. The number of fused-ring (bicyclic) bond motifs is 1. The largest absolute Gasteiger partial charge is 0.506 e. The van der Waals surface area contributed by atoms with Crippen molar-refractivity contribution in [3.05, 3.63) is 108 Å². The van der Waals surface area contributed by atoms with Crippen molar-refractivity contribution in [2.75, 3.05) is 11.8 Å². The van der Waals surface area contributed by atoms with Crippen LogP contribution in [0.4, 0.5) is 14.5 Å². The molecule has 0 fully saturated rings. The zero-order chi connectivity index (χ0) is 31.7. The number of nitrogens with one attached hydrogen (secondary N) is 2. The van der Waals surface area contributed by atoms with Crippen LogP contribution < -0.4 is 14.8 Å². The number of hydrogen-bond acceptors (Lipinski definition) is 9. The lowest BCUT2D eigenvalue weighted by Crippen LogP contribution is -2.24. The number of rotatable bonds is 9. The molecule has 0 aliphatic carbocycles. The minimum Gasteiger partial charge on any atom is -0.506 e. The molecule has 13 nitrogen and oxygen atoms in total. The number of halogens is 2. The van der Waals surface area contributed by atoms with Gasteiger partial charge in [0, 0.05) is 29.6 Å². The number of carbonyl (C=O) groups excluding carboxylic acids is 1. The maximum Gasteiger partial charge on any atom is 0.270 e. The van der Waals surface area contributed by atoms with E-state index >= 15 is 0 Å². The summed E-state index contributed by atoms with van der Waals surface area (Å²) in [5.74, 6) is -2.71. The van der Waals surface area contributed by atoms with Gasteiger partial charge in [0.2, 0.25) is 5.88 Å². The lowest BCUT2D eigenvalue weighted by atomic mass is 10.1. The van der Waals surface area contributed by atoms with Crippen molar-refractivity contribution in [2.45, 2.75) is 11.4 Å². The predicted molar refractivity (Wildman–Crippen MR) is 156 cm³/mol. The van der Waals surface area contributed by atoms with E-state index in [1.807, 2.05) is 0 Å². The van der Waals surface area contributed by atoms with Crippen molar-refractivity contribution >= 4 is 27.3 Å². The van der Waals surface area contributed by atoms with Gasteiger partial charge in [0.05, 0.1) is 26.0 Å². The number of benzene rings is 2. The second-order valence-corrected chi connectivity index (χ2v) is 11.2. The van der Waals surface area contributed by atoms with Gasteiger partial charge in [0.15, 0.2) is 0 Å². The lowest BCUT2D eigenvalue weighted by Gasteiger charge is -2.13. The Balaban J connectivity index is 1.24. The molecule has 0 spiro atoms. The van der Waals surface area contributed by atoms with Crippen LogP contribution in [0.15, 0.2) is 90.3 Å². The molecule has 4 heterocycles. The smallest absolute Gasteiger partial charge is 0.270 e. The second kappa shape index (κ2) is 11.6. The van der Waals surface area contributed by atoms with Gasteiger partial charge in [-0.05, 0) is 42.5 Å². The molecule has 0 saturated carbocycles. The zero-order valence-corrected chi connectivity index (χ0v) is 24.0. The molecule has 0 atom stereocenters. The molecule has 1 amide bonds. The number of methoxy groups -OCH3 is 1. The van der Waals surface area contributed by atoms with Gasteiger partial charge in [-0.2, -0.15) is 0 Å². The summed E-state index contributed by atoms with van der Waals surface area (Å²) >= 11 is 0. The van der Waals surface area contributed by atoms with Crippen LogP contribution in [0.3, 0.4) is 0 Å². The Morgan fingerprint density at radius 3 is 2.60 bits per heavy atom. The van der Waals surface area contributed by atoms with Gasteiger partial charge >= 0.3 is 0 Å². The summed E-state index contributed by atoms with van der Waals surface area (Å²) < 4.78 is 63.8. The van der Waals surface area contributed by atoms with Crippen molar-refractivity contribution in [2.24, 2.45) is 0 Å². The third-order valence-electron chi connectivity index (χ3n) is 6.64. The SMILES string of the molecule is COc1ncc(-c2ccc3ncc(C(=O)NCc4cn(-c5ccccc5O)nn4)n3c2)cc1NS(=O)(=O)c1ccc(F)cc1F. The number of aromatic hydroxyl groups is 1. The summed E-state index contributed by atoms with van der Waals surface area (Å²) in [5.41, 5.74) is 2.40. The molecule has 4 aromatic heterocycles. The number of nitrogens with zero attached hydrogens (tertiary/aromatic N) is 6. The molecule has 0 bridgehead atoms. The fraction of sp³-hybridized carbons (Fsp3) is 0.0690. The highest BCUT2D eigenvalue weighted by Gasteiger charge is 2.23. The number of anilines is 1. The summed E-state index contributed by atoms with van der Waals surface area (Å²) in [4.78, 5) is 20.8. The van der Waals surface area contributed by atoms with Crippen LogP contribution in [0, 0.1) is 11.6 Å². The highest BCUT2D eigenvalue weighted by atomic mass is 32.2. The maximum absolute atomic E-state index is 14.3. The van der Waals surface area contributed by atoms with E-state index in [4.69, 9.17) is 4.74 Å². The molecule has 0 unspecified atom stereocenters. The molecule has 45 heavy (non-hydrogen) atoms. The number of ether oxygens (including phenoxy) is 1. The molecule has 228 valence electrons. The topological polar surface area (TPSA) is 166 Å². The van der Waals surface area contributed by atoms with Crippen molar-refractivity contribution < 1.29 is 31.8 Å². The predicted octanol–water partition coefficient (Wildman–Crippen LogP) is 3.70. The number of amides is 1. The second-order valence-electron chi connectivity index (χ2n) is 9.58. The molecule has 6 rings (SSSR count). The van der Waals surface area contributed by atoms with E-state index in [0.29, 0.717) is 34.2 Å². The number of phenols is 1. The van der Waals surface area contributed by atoms with Crippen LogP contribution in [0.2, 0.25) is 0 Å². The van der Waals surface area contributed by atoms with E-state index in [1.54, 1.807) is 47.1 Å². The third-order valence-corrected chi connectivity index (χ3v) is 8.04. The Labute approximate surface area is 253 Å². The van der Waals surface area contributed by atoms with Gasteiger partial charge in [0.25, 0.3) is 15.9 Å². The van der Waals surface area contributed by atoms with E-state index in [-0.39, 0.29) is 29.6 Å². The van der Waals surface area contributed by atoms with Crippen molar-refractivity contribution in [3.63, 3.8) is 0 Å². The quantitative estimate of drug-likeness (QED) is 0.215. The number of para-hydroxylation sites is 2. The average molecular weight is 633 g/mol. The maximum atomic E-state index is 14.3. The highest BCUT2D eigenvalue weighted by Crippen LogP contribution is 2.31. The standard InChI is InChI=1S/C29H22F2N8O5S/c1-44-29-22(36-45(42,43)26-8-7-19(30)11-21(26)31)10-18(12-34-29)17-6-9-27-32-14-24(38(27)15-17)28(41)33-13-20-16-39(37-35-20)23-4-2-3-5-25(23)40/h2-12,14-16,36,40H,13H2,1H3,(H,33,41).